The molecule has 0 aliphatic heterocycles. The van der Waals surface area contributed by atoms with Crippen molar-refractivity contribution in [1.82, 2.24) is 5.43 Å². The average molecular weight is 441 g/mol. The lowest BCUT2D eigenvalue weighted by Crippen LogP contribution is -2.14. The van der Waals surface area contributed by atoms with Crippen molar-refractivity contribution in [2.75, 3.05) is 14.2 Å². The molecule has 3 aromatic rings. The maximum absolute atomic E-state index is 10.7. The number of aromatic hydroxyl groups is 1. The van der Waals surface area contributed by atoms with Gasteiger partial charge in [0.25, 0.3) is 0 Å². The number of nitrogens with zero attached hydrogens (tertiary/aromatic N) is 1. The first-order valence-electron chi connectivity index (χ1n) is 8.68. The van der Waals surface area contributed by atoms with Gasteiger partial charge in [-0.05, 0) is 17.7 Å². The number of hydrazone groups is 1. The number of phenols is 1. The Balaban J connectivity index is 2.04. The van der Waals surface area contributed by atoms with E-state index in [0.29, 0.717) is 29.3 Å². The minimum Gasteiger partial charge on any atom is -0.507 e. The van der Waals surface area contributed by atoms with E-state index in [9.17, 15) is 5.11 Å². The molecule has 5 nitrogen and oxygen atoms in total. The van der Waals surface area contributed by atoms with Crippen molar-refractivity contribution >= 4 is 21.6 Å². The number of benzene rings is 3. The van der Waals surface area contributed by atoms with E-state index in [-0.39, 0.29) is 5.75 Å². The zero-order valence-corrected chi connectivity index (χ0v) is 17.2. The van der Waals surface area contributed by atoms with E-state index in [4.69, 9.17) is 9.47 Å². The topological polar surface area (TPSA) is 63.1 Å². The van der Waals surface area contributed by atoms with E-state index in [2.05, 4.69) is 26.5 Å². The third-order valence-electron chi connectivity index (χ3n) is 4.18. The second kappa shape index (κ2) is 9.28. The van der Waals surface area contributed by atoms with Crippen molar-refractivity contribution < 1.29 is 14.6 Å². The van der Waals surface area contributed by atoms with E-state index in [1.165, 1.54) is 0 Å². The fraction of sp³-hybridized carbons (Fsp3) is 0.136. The normalized spacial score (nSPS) is 11.2. The third kappa shape index (κ3) is 4.64. The van der Waals surface area contributed by atoms with Crippen LogP contribution in [0.5, 0.6) is 17.2 Å². The van der Waals surface area contributed by atoms with Gasteiger partial charge in [0.05, 0.1) is 26.3 Å². The molecule has 3 rings (SSSR count). The number of ether oxygens (including phenoxy) is 2. The first kappa shape index (κ1) is 19.8. The summed E-state index contributed by atoms with van der Waals surface area (Å²) in [5, 5.41) is 15.2. The molecule has 2 N–H and O–H groups in total. The molecule has 0 saturated carbocycles. The van der Waals surface area contributed by atoms with Crippen molar-refractivity contribution in [2.45, 2.75) is 6.54 Å². The lowest BCUT2D eigenvalue weighted by Gasteiger charge is -2.15. The Hall–Kier alpha value is -2.99. The van der Waals surface area contributed by atoms with Gasteiger partial charge in [0.15, 0.2) is 0 Å². The number of phenolic OH excluding ortho intramolecular Hbond substituents is 1. The molecular weight excluding hydrogens is 420 g/mol. The molecule has 0 spiro atoms. The molecule has 0 unspecified atom stereocenters. The van der Waals surface area contributed by atoms with Crippen molar-refractivity contribution in [3.63, 3.8) is 0 Å². The lowest BCUT2D eigenvalue weighted by molar-refractivity contribution is 0.384. The van der Waals surface area contributed by atoms with Crippen molar-refractivity contribution in [1.29, 1.82) is 0 Å². The number of hydrogen-bond acceptors (Lipinski definition) is 5. The summed E-state index contributed by atoms with van der Waals surface area (Å²) in [4.78, 5) is 0. The maximum Gasteiger partial charge on any atom is 0.135 e. The highest BCUT2D eigenvalue weighted by molar-refractivity contribution is 9.10. The van der Waals surface area contributed by atoms with E-state index >= 15 is 0 Å². The van der Waals surface area contributed by atoms with Gasteiger partial charge in [-0.3, -0.25) is 0 Å². The molecule has 0 bridgehead atoms. The lowest BCUT2D eigenvalue weighted by atomic mass is 10.00. The number of halogens is 1. The molecule has 28 heavy (non-hydrogen) atoms. The van der Waals surface area contributed by atoms with Gasteiger partial charge in [-0.2, -0.15) is 5.10 Å². The van der Waals surface area contributed by atoms with Gasteiger partial charge in [0.1, 0.15) is 23.0 Å². The molecule has 6 heteroatoms. The van der Waals surface area contributed by atoms with Crippen LogP contribution >= 0.6 is 15.9 Å². The number of methoxy groups -OCH3 is 2. The van der Waals surface area contributed by atoms with E-state index in [1.54, 1.807) is 26.4 Å². The van der Waals surface area contributed by atoms with Gasteiger partial charge < -0.3 is 20.0 Å². The summed E-state index contributed by atoms with van der Waals surface area (Å²) in [6.45, 7) is 0.556. The Kier molecular flexibility index (Phi) is 6.55. The Morgan fingerprint density at radius 1 is 1.00 bits per heavy atom. The summed E-state index contributed by atoms with van der Waals surface area (Å²) in [6, 6.07) is 20.9. The zero-order chi connectivity index (χ0) is 19.9. The third-order valence-corrected chi connectivity index (χ3v) is 4.71. The van der Waals surface area contributed by atoms with Crippen LogP contribution in [0.15, 0.2) is 76.3 Å². The first-order chi connectivity index (χ1) is 13.6. The van der Waals surface area contributed by atoms with Crippen LogP contribution < -0.4 is 14.9 Å². The minimum absolute atomic E-state index is 0.0272. The van der Waals surface area contributed by atoms with Gasteiger partial charge >= 0.3 is 0 Å². The maximum atomic E-state index is 10.7. The van der Waals surface area contributed by atoms with Crippen LogP contribution in [-0.4, -0.2) is 25.0 Å². The molecule has 3 aromatic carbocycles. The minimum atomic E-state index is 0.0272. The quantitative estimate of drug-likeness (QED) is 0.412. The van der Waals surface area contributed by atoms with Crippen LogP contribution in [0, 0.1) is 0 Å². The predicted octanol–water partition coefficient (Wildman–Crippen LogP) is 4.71. The Bertz CT molecular complexity index is 958. The van der Waals surface area contributed by atoms with E-state index in [1.807, 2.05) is 54.6 Å². The Labute approximate surface area is 172 Å². The number of hydrogen-bond donors (Lipinski definition) is 2. The van der Waals surface area contributed by atoms with Crippen LogP contribution in [0.2, 0.25) is 0 Å². The van der Waals surface area contributed by atoms with E-state index in [0.717, 1.165) is 15.6 Å². The van der Waals surface area contributed by atoms with Crippen molar-refractivity contribution in [2.24, 2.45) is 5.10 Å². The Morgan fingerprint density at radius 2 is 1.71 bits per heavy atom. The summed E-state index contributed by atoms with van der Waals surface area (Å²) in [6.07, 6.45) is 0. The second-order valence-electron chi connectivity index (χ2n) is 6.01. The van der Waals surface area contributed by atoms with Gasteiger partial charge in [-0.25, -0.2) is 0 Å². The van der Waals surface area contributed by atoms with Crippen LogP contribution in [0.3, 0.4) is 0 Å². The van der Waals surface area contributed by atoms with Gasteiger partial charge in [-0.15, -0.1) is 0 Å². The Morgan fingerprint density at radius 3 is 2.36 bits per heavy atom. The summed E-state index contributed by atoms with van der Waals surface area (Å²) >= 11 is 3.45. The van der Waals surface area contributed by atoms with Crippen LogP contribution in [0.25, 0.3) is 0 Å². The van der Waals surface area contributed by atoms with Crippen molar-refractivity contribution in [3.05, 3.63) is 87.9 Å². The SMILES string of the molecule is COc1cc(O)c(/C(=N/NCc2ccccc2)c2ccc(Br)cc2)c(OC)c1. The smallest absolute Gasteiger partial charge is 0.135 e. The molecule has 0 aliphatic carbocycles. The molecule has 0 aromatic heterocycles. The highest BCUT2D eigenvalue weighted by Crippen LogP contribution is 2.35. The molecule has 0 saturated heterocycles. The summed E-state index contributed by atoms with van der Waals surface area (Å²) in [5.41, 5.74) is 6.10. The number of nitrogens with one attached hydrogen (secondary N) is 1. The molecule has 0 atom stereocenters. The highest BCUT2D eigenvalue weighted by Gasteiger charge is 2.19. The molecule has 0 radical (unpaired) electrons. The molecule has 0 fully saturated rings. The first-order valence-corrected chi connectivity index (χ1v) is 9.47. The molecule has 0 amide bonds. The van der Waals surface area contributed by atoms with E-state index < -0.39 is 0 Å². The second-order valence-corrected chi connectivity index (χ2v) is 6.93. The molecule has 0 heterocycles. The largest absolute Gasteiger partial charge is 0.507 e. The van der Waals surface area contributed by atoms with Crippen LogP contribution in [-0.2, 0) is 6.54 Å². The predicted molar refractivity (Wildman–Crippen MR) is 114 cm³/mol. The number of rotatable bonds is 7. The summed E-state index contributed by atoms with van der Waals surface area (Å²) in [5.74, 6) is 1.00. The van der Waals surface area contributed by atoms with Crippen LogP contribution in [0.4, 0.5) is 0 Å². The average Bonchev–Trinajstić information content (AvgIpc) is 2.72. The van der Waals surface area contributed by atoms with Gasteiger partial charge in [-0.1, -0.05) is 58.4 Å². The molecular formula is C22H21BrN2O3. The monoisotopic (exact) mass is 440 g/mol. The molecule has 0 aliphatic rings. The zero-order valence-electron chi connectivity index (χ0n) is 15.6. The van der Waals surface area contributed by atoms with Crippen LogP contribution in [0.1, 0.15) is 16.7 Å². The molecule has 144 valence electrons. The van der Waals surface area contributed by atoms with Crippen molar-refractivity contribution in [3.8, 4) is 17.2 Å². The fourth-order valence-corrected chi connectivity index (χ4v) is 3.04. The van der Waals surface area contributed by atoms with Gasteiger partial charge in [0.2, 0.25) is 0 Å². The standard InChI is InChI=1S/C22H21BrN2O3/c1-27-18-12-19(26)21(20(13-18)28-2)22(16-8-10-17(23)11-9-16)25-24-14-15-6-4-3-5-7-15/h3-13,24,26H,14H2,1-2H3/b25-22+. The summed E-state index contributed by atoms with van der Waals surface area (Å²) in [7, 11) is 3.09. The fourth-order valence-electron chi connectivity index (χ4n) is 2.77. The summed E-state index contributed by atoms with van der Waals surface area (Å²) < 4.78 is 11.7. The highest BCUT2D eigenvalue weighted by atomic mass is 79.9. The van der Waals surface area contributed by atoms with Gasteiger partial charge in [0, 0.05) is 22.2 Å².